The summed E-state index contributed by atoms with van der Waals surface area (Å²) >= 11 is 0. The predicted octanol–water partition coefficient (Wildman–Crippen LogP) is 3.96. The minimum absolute atomic E-state index is 0.207. The molecule has 0 bridgehead atoms. The van der Waals surface area contributed by atoms with Crippen LogP contribution in [0.1, 0.15) is 5.76 Å². The molecule has 3 heteroatoms. The van der Waals surface area contributed by atoms with Crippen LogP contribution in [0.25, 0.3) is 22.1 Å². The quantitative estimate of drug-likeness (QED) is 0.766. The first-order valence-electron chi connectivity index (χ1n) is 6.20. The summed E-state index contributed by atoms with van der Waals surface area (Å²) in [5.74, 6) is 1.42. The number of rotatable bonds is 3. The Hall–Kier alpha value is -2.13. The van der Waals surface area contributed by atoms with Crippen LogP contribution in [-0.2, 0) is 6.54 Å². The average Bonchev–Trinajstić information content (AvgIpc) is 2.88. The van der Waals surface area contributed by atoms with Crippen LogP contribution in [0.5, 0.6) is 0 Å². The average molecular weight is 255 g/mol. The second kappa shape index (κ2) is 4.86. The highest BCUT2D eigenvalue weighted by Crippen LogP contribution is 2.31. The minimum Gasteiger partial charge on any atom is -0.460 e. The van der Waals surface area contributed by atoms with E-state index in [1.807, 2.05) is 37.4 Å². The fraction of sp³-hybridized carbons (Fsp3) is 0.125. The number of fused-ring (bicyclic) bond motifs is 1. The van der Waals surface area contributed by atoms with Gasteiger partial charge in [-0.25, -0.2) is 4.39 Å². The van der Waals surface area contributed by atoms with Crippen molar-refractivity contribution in [2.24, 2.45) is 0 Å². The van der Waals surface area contributed by atoms with Crippen molar-refractivity contribution in [2.45, 2.75) is 6.54 Å². The molecule has 19 heavy (non-hydrogen) atoms. The van der Waals surface area contributed by atoms with Gasteiger partial charge in [-0.2, -0.15) is 0 Å². The summed E-state index contributed by atoms with van der Waals surface area (Å²) in [4.78, 5) is 0. The van der Waals surface area contributed by atoms with Crippen molar-refractivity contribution >= 4 is 10.8 Å². The van der Waals surface area contributed by atoms with E-state index in [0.717, 1.165) is 22.5 Å². The summed E-state index contributed by atoms with van der Waals surface area (Å²) in [6.45, 7) is 0.680. The third kappa shape index (κ3) is 2.13. The van der Waals surface area contributed by atoms with Crippen LogP contribution in [-0.4, -0.2) is 7.05 Å². The highest BCUT2D eigenvalue weighted by molar-refractivity contribution is 5.95. The summed E-state index contributed by atoms with van der Waals surface area (Å²) in [6, 6.07) is 14.5. The van der Waals surface area contributed by atoms with Gasteiger partial charge in [-0.05, 0) is 36.7 Å². The molecule has 1 N–H and O–H groups in total. The molecule has 0 aliphatic carbocycles. The summed E-state index contributed by atoms with van der Waals surface area (Å²) < 4.78 is 19.5. The van der Waals surface area contributed by atoms with E-state index in [0.29, 0.717) is 11.9 Å². The van der Waals surface area contributed by atoms with Gasteiger partial charge in [-0.15, -0.1) is 0 Å². The highest BCUT2D eigenvalue weighted by atomic mass is 19.1. The van der Waals surface area contributed by atoms with Crippen LogP contribution in [0.2, 0.25) is 0 Å². The zero-order valence-corrected chi connectivity index (χ0v) is 10.6. The van der Waals surface area contributed by atoms with Crippen LogP contribution >= 0.6 is 0 Å². The Kier molecular flexibility index (Phi) is 3.05. The zero-order chi connectivity index (χ0) is 13.2. The van der Waals surface area contributed by atoms with E-state index in [1.54, 1.807) is 12.1 Å². The van der Waals surface area contributed by atoms with Gasteiger partial charge >= 0.3 is 0 Å². The van der Waals surface area contributed by atoms with Gasteiger partial charge in [0.1, 0.15) is 17.3 Å². The summed E-state index contributed by atoms with van der Waals surface area (Å²) in [7, 11) is 1.87. The van der Waals surface area contributed by atoms with Gasteiger partial charge in [-0.3, -0.25) is 0 Å². The molecule has 2 nitrogen and oxygen atoms in total. The van der Waals surface area contributed by atoms with E-state index < -0.39 is 0 Å². The smallest absolute Gasteiger partial charge is 0.134 e. The fourth-order valence-electron chi connectivity index (χ4n) is 2.27. The van der Waals surface area contributed by atoms with Gasteiger partial charge in [0.05, 0.1) is 6.54 Å². The van der Waals surface area contributed by atoms with Crippen molar-refractivity contribution in [1.82, 2.24) is 5.32 Å². The van der Waals surface area contributed by atoms with Gasteiger partial charge in [-0.1, -0.05) is 24.3 Å². The van der Waals surface area contributed by atoms with Crippen LogP contribution in [0.15, 0.2) is 52.9 Å². The largest absolute Gasteiger partial charge is 0.460 e. The molecule has 3 aromatic rings. The van der Waals surface area contributed by atoms with Gasteiger partial charge in [0.25, 0.3) is 0 Å². The maximum absolute atomic E-state index is 13.8. The molecule has 0 amide bonds. The first-order chi connectivity index (χ1) is 9.29. The normalized spacial score (nSPS) is 11.1. The van der Waals surface area contributed by atoms with Crippen LogP contribution in [0.4, 0.5) is 4.39 Å². The van der Waals surface area contributed by atoms with Gasteiger partial charge in [0, 0.05) is 10.9 Å². The van der Waals surface area contributed by atoms with E-state index in [1.165, 1.54) is 6.07 Å². The second-order valence-electron chi connectivity index (χ2n) is 4.44. The molecule has 1 aromatic heterocycles. The molecule has 1 heterocycles. The van der Waals surface area contributed by atoms with Crippen molar-refractivity contribution in [3.05, 3.63) is 60.1 Å². The number of hydrogen-bond acceptors (Lipinski definition) is 2. The Bertz CT molecular complexity index is 718. The molecule has 0 saturated heterocycles. The summed E-state index contributed by atoms with van der Waals surface area (Å²) in [6.07, 6.45) is 0. The molecule has 0 spiro atoms. The maximum atomic E-state index is 13.8. The fourth-order valence-corrected chi connectivity index (χ4v) is 2.27. The number of benzene rings is 2. The van der Waals surface area contributed by atoms with E-state index in [4.69, 9.17) is 4.42 Å². The van der Waals surface area contributed by atoms with E-state index in [2.05, 4.69) is 5.32 Å². The molecule has 0 atom stereocenters. The van der Waals surface area contributed by atoms with Gasteiger partial charge in [0.2, 0.25) is 0 Å². The molecule has 0 aliphatic rings. The van der Waals surface area contributed by atoms with Gasteiger partial charge in [0.15, 0.2) is 0 Å². The van der Waals surface area contributed by atoms with Crippen molar-refractivity contribution < 1.29 is 8.81 Å². The number of hydrogen-bond donors (Lipinski definition) is 1. The van der Waals surface area contributed by atoms with Gasteiger partial charge < -0.3 is 9.73 Å². The monoisotopic (exact) mass is 255 g/mol. The molecule has 96 valence electrons. The van der Waals surface area contributed by atoms with Crippen LogP contribution in [0, 0.1) is 5.82 Å². The third-order valence-corrected chi connectivity index (χ3v) is 3.15. The highest BCUT2D eigenvalue weighted by Gasteiger charge is 2.10. The van der Waals surface area contributed by atoms with Crippen molar-refractivity contribution in [2.75, 3.05) is 7.05 Å². The third-order valence-electron chi connectivity index (χ3n) is 3.15. The molecule has 0 aliphatic heterocycles. The van der Waals surface area contributed by atoms with Crippen LogP contribution < -0.4 is 5.32 Å². The Morgan fingerprint density at radius 2 is 1.79 bits per heavy atom. The Balaban J connectivity index is 2.16. The predicted molar refractivity (Wildman–Crippen MR) is 74.4 cm³/mol. The van der Waals surface area contributed by atoms with Crippen molar-refractivity contribution in [1.29, 1.82) is 0 Å². The lowest BCUT2D eigenvalue weighted by Gasteiger charge is -2.05. The molecule has 0 radical (unpaired) electrons. The first kappa shape index (κ1) is 11.9. The SMILES string of the molecule is CNCc1ccc(-c2ccc(F)c3ccccc23)o1. The molecule has 2 aromatic carbocycles. The van der Waals surface area contributed by atoms with E-state index in [9.17, 15) is 4.39 Å². The standard InChI is InChI=1S/C16H14FNO/c1-18-10-11-6-9-16(19-11)14-7-8-15(17)13-5-3-2-4-12(13)14/h2-9,18H,10H2,1H3. The molecular weight excluding hydrogens is 241 g/mol. The summed E-state index contributed by atoms with van der Waals surface area (Å²) in [5, 5.41) is 4.53. The van der Waals surface area contributed by atoms with E-state index in [-0.39, 0.29) is 5.82 Å². The minimum atomic E-state index is -0.207. The first-order valence-corrected chi connectivity index (χ1v) is 6.20. The Morgan fingerprint density at radius 1 is 1.00 bits per heavy atom. The van der Waals surface area contributed by atoms with Crippen LogP contribution in [0.3, 0.4) is 0 Å². The Morgan fingerprint density at radius 3 is 2.58 bits per heavy atom. The molecule has 0 unspecified atom stereocenters. The number of furan rings is 1. The summed E-state index contributed by atoms with van der Waals surface area (Å²) in [5.41, 5.74) is 0.916. The molecular formula is C16H14FNO. The van der Waals surface area contributed by atoms with Crippen molar-refractivity contribution in [3.63, 3.8) is 0 Å². The number of nitrogens with one attached hydrogen (secondary N) is 1. The lowest BCUT2D eigenvalue weighted by atomic mass is 10.0. The van der Waals surface area contributed by atoms with Crippen molar-refractivity contribution in [3.8, 4) is 11.3 Å². The molecule has 0 saturated carbocycles. The second-order valence-corrected chi connectivity index (χ2v) is 4.44. The van der Waals surface area contributed by atoms with E-state index >= 15 is 0 Å². The maximum Gasteiger partial charge on any atom is 0.134 e. The zero-order valence-electron chi connectivity index (χ0n) is 10.6. The molecule has 3 rings (SSSR count). The topological polar surface area (TPSA) is 25.2 Å². The Labute approximate surface area is 110 Å². The molecule has 0 fully saturated rings. The number of halogens is 1. The lowest BCUT2D eigenvalue weighted by Crippen LogP contribution is -2.03. The lowest BCUT2D eigenvalue weighted by molar-refractivity contribution is 0.507.